The Hall–Kier alpha value is -1.43. The van der Waals surface area contributed by atoms with E-state index < -0.39 is 5.97 Å². The van der Waals surface area contributed by atoms with Gasteiger partial charge in [0, 0.05) is 0 Å². The van der Waals surface area contributed by atoms with Gasteiger partial charge < -0.3 is 10.5 Å². The van der Waals surface area contributed by atoms with Gasteiger partial charge in [0.1, 0.15) is 5.82 Å². The molecule has 0 radical (unpaired) electrons. The van der Waals surface area contributed by atoms with E-state index >= 15 is 0 Å². The molecule has 90 valence electrons. The molecule has 0 spiro atoms. The maximum absolute atomic E-state index is 11.3. The number of carbonyl (C=O) groups excluding carboxylic acids is 1. The summed E-state index contributed by atoms with van der Waals surface area (Å²) in [6.45, 7) is 4.14. The number of unbranched alkanes of at least 4 members (excludes halogenated alkanes) is 1. The third-order valence-electron chi connectivity index (χ3n) is 2.18. The Morgan fingerprint density at radius 1 is 1.56 bits per heavy atom. The van der Waals surface area contributed by atoms with Gasteiger partial charge in [-0.15, -0.1) is 5.10 Å². The summed E-state index contributed by atoms with van der Waals surface area (Å²) in [5.74, 6) is 0.0630. The van der Waals surface area contributed by atoms with Gasteiger partial charge in [-0.05, 0) is 13.3 Å². The van der Waals surface area contributed by atoms with Crippen LogP contribution in [0, 0.1) is 0 Å². The lowest BCUT2D eigenvalue weighted by atomic mass is 10.1. The summed E-state index contributed by atoms with van der Waals surface area (Å²) < 4.78 is 4.78. The van der Waals surface area contributed by atoms with Gasteiger partial charge in [0.05, 0.1) is 12.6 Å². The van der Waals surface area contributed by atoms with Crippen molar-refractivity contribution in [2.75, 3.05) is 6.61 Å². The van der Waals surface area contributed by atoms with Crippen LogP contribution in [0.2, 0.25) is 0 Å². The Bertz CT molecular complexity index is 337. The average Bonchev–Trinajstić information content (AvgIpc) is 2.75. The van der Waals surface area contributed by atoms with Crippen LogP contribution in [-0.2, 0) is 4.74 Å². The summed E-state index contributed by atoms with van der Waals surface area (Å²) in [5.41, 5.74) is 5.88. The molecule has 1 atom stereocenters. The number of nitrogens with two attached hydrogens (primary N) is 1. The Kier molecular flexibility index (Phi) is 4.91. The second-order valence-electron chi connectivity index (χ2n) is 3.51. The molecule has 6 heteroatoms. The van der Waals surface area contributed by atoms with Crippen molar-refractivity contribution >= 4 is 5.97 Å². The van der Waals surface area contributed by atoms with Crippen LogP contribution in [0.1, 0.15) is 55.6 Å². The molecule has 0 aromatic carbocycles. The van der Waals surface area contributed by atoms with Crippen molar-refractivity contribution in [1.29, 1.82) is 0 Å². The number of nitrogens with one attached hydrogen (secondary N) is 1. The highest BCUT2D eigenvalue weighted by Gasteiger charge is 2.16. The average molecular weight is 226 g/mol. The molecule has 0 aliphatic heterocycles. The van der Waals surface area contributed by atoms with E-state index in [1.54, 1.807) is 6.92 Å². The van der Waals surface area contributed by atoms with Gasteiger partial charge in [-0.25, -0.2) is 9.78 Å². The van der Waals surface area contributed by atoms with Gasteiger partial charge in [0.15, 0.2) is 0 Å². The molecule has 0 fully saturated rings. The lowest BCUT2D eigenvalue weighted by molar-refractivity contribution is 0.0512. The van der Waals surface area contributed by atoms with E-state index in [9.17, 15) is 4.79 Å². The number of esters is 1. The molecular formula is C10H18N4O2. The summed E-state index contributed by atoms with van der Waals surface area (Å²) in [5, 5.41) is 6.44. The minimum Gasteiger partial charge on any atom is -0.460 e. The largest absolute Gasteiger partial charge is 0.460 e. The minimum atomic E-state index is -0.521. The van der Waals surface area contributed by atoms with E-state index in [-0.39, 0.29) is 11.9 Å². The highest BCUT2D eigenvalue weighted by Crippen LogP contribution is 2.12. The maximum Gasteiger partial charge on any atom is 0.378 e. The standard InChI is InChI=1S/C10H18N4O2/c1-3-5-6-7(11)8-12-9(14-13-8)10(15)16-4-2/h7H,3-6,11H2,1-2H3,(H,12,13,14). The fourth-order valence-electron chi connectivity index (χ4n) is 1.29. The molecule has 1 unspecified atom stereocenters. The van der Waals surface area contributed by atoms with Crippen molar-refractivity contribution in [3.63, 3.8) is 0 Å². The van der Waals surface area contributed by atoms with Crippen molar-refractivity contribution in [2.24, 2.45) is 5.73 Å². The second kappa shape index (κ2) is 6.22. The van der Waals surface area contributed by atoms with Gasteiger partial charge in [-0.2, -0.15) is 0 Å². The summed E-state index contributed by atoms with van der Waals surface area (Å²) in [6, 6.07) is -0.198. The molecule has 0 amide bonds. The number of aromatic nitrogens is 3. The Labute approximate surface area is 94.6 Å². The highest BCUT2D eigenvalue weighted by molar-refractivity contribution is 5.84. The fraction of sp³-hybridized carbons (Fsp3) is 0.700. The number of H-pyrrole nitrogens is 1. The van der Waals surface area contributed by atoms with Crippen LogP contribution < -0.4 is 5.73 Å². The molecule has 0 saturated heterocycles. The molecule has 0 saturated carbocycles. The SMILES string of the molecule is CCCCC(N)c1nc(C(=O)OCC)n[nH]1. The molecule has 1 heterocycles. The van der Waals surface area contributed by atoms with E-state index in [1.807, 2.05) is 0 Å². The van der Waals surface area contributed by atoms with E-state index in [2.05, 4.69) is 22.1 Å². The van der Waals surface area contributed by atoms with E-state index in [0.717, 1.165) is 19.3 Å². The van der Waals surface area contributed by atoms with Crippen LogP contribution in [-0.4, -0.2) is 27.8 Å². The minimum absolute atomic E-state index is 0.0452. The summed E-state index contributed by atoms with van der Waals surface area (Å²) in [4.78, 5) is 15.3. The van der Waals surface area contributed by atoms with Crippen molar-refractivity contribution < 1.29 is 9.53 Å². The highest BCUT2D eigenvalue weighted by atomic mass is 16.5. The monoisotopic (exact) mass is 226 g/mol. The zero-order chi connectivity index (χ0) is 12.0. The number of nitrogens with zero attached hydrogens (tertiary/aromatic N) is 2. The van der Waals surface area contributed by atoms with Crippen LogP contribution in [0.3, 0.4) is 0 Å². The van der Waals surface area contributed by atoms with Gasteiger partial charge >= 0.3 is 5.97 Å². The van der Waals surface area contributed by atoms with Crippen molar-refractivity contribution in [2.45, 2.75) is 39.2 Å². The molecule has 6 nitrogen and oxygen atoms in total. The third-order valence-corrected chi connectivity index (χ3v) is 2.18. The predicted molar refractivity (Wildman–Crippen MR) is 58.8 cm³/mol. The number of carbonyl (C=O) groups is 1. The smallest absolute Gasteiger partial charge is 0.378 e. The van der Waals surface area contributed by atoms with Crippen LogP contribution in [0.25, 0.3) is 0 Å². The normalized spacial score (nSPS) is 12.4. The molecule has 1 rings (SSSR count). The molecule has 3 N–H and O–H groups in total. The van der Waals surface area contributed by atoms with Crippen LogP contribution in [0.15, 0.2) is 0 Å². The second-order valence-corrected chi connectivity index (χ2v) is 3.51. The van der Waals surface area contributed by atoms with E-state index in [1.165, 1.54) is 0 Å². The fourth-order valence-corrected chi connectivity index (χ4v) is 1.29. The quantitative estimate of drug-likeness (QED) is 0.710. The van der Waals surface area contributed by atoms with Crippen LogP contribution >= 0.6 is 0 Å². The molecule has 0 aliphatic carbocycles. The first-order chi connectivity index (χ1) is 7.69. The Morgan fingerprint density at radius 2 is 2.31 bits per heavy atom. The van der Waals surface area contributed by atoms with Crippen molar-refractivity contribution in [3.8, 4) is 0 Å². The zero-order valence-corrected chi connectivity index (χ0v) is 9.69. The van der Waals surface area contributed by atoms with E-state index in [4.69, 9.17) is 10.5 Å². The molecular weight excluding hydrogens is 208 g/mol. The van der Waals surface area contributed by atoms with Gasteiger partial charge in [0.2, 0.25) is 0 Å². The molecule has 16 heavy (non-hydrogen) atoms. The lowest BCUT2D eigenvalue weighted by Crippen LogP contribution is -2.12. The van der Waals surface area contributed by atoms with E-state index in [0.29, 0.717) is 12.4 Å². The van der Waals surface area contributed by atoms with Gasteiger partial charge in [-0.3, -0.25) is 5.10 Å². The van der Waals surface area contributed by atoms with Crippen LogP contribution in [0.4, 0.5) is 0 Å². The number of aromatic amines is 1. The summed E-state index contributed by atoms with van der Waals surface area (Å²) in [6.07, 6.45) is 2.93. The first kappa shape index (κ1) is 12.6. The lowest BCUT2D eigenvalue weighted by Gasteiger charge is -2.05. The molecule has 0 bridgehead atoms. The molecule has 1 aromatic rings. The van der Waals surface area contributed by atoms with Gasteiger partial charge in [-0.1, -0.05) is 19.8 Å². The number of ether oxygens (including phenoxy) is 1. The van der Waals surface area contributed by atoms with Crippen molar-refractivity contribution in [3.05, 3.63) is 11.6 Å². The molecule has 0 aliphatic rings. The predicted octanol–water partition coefficient (Wildman–Crippen LogP) is 1.17. The number of hydrogen-bond donors (Lipinski definition) is 2. The maximum atomic E-state index is 11.3. The third kappa shape index (κ3) is 3.30. The van der Waals surface area contributed by atoms with Crippen molar-refractivity contribution in [1.82, 2.24) is 15.2 Å². The topological polar surface area (TPSA) is 93.9 Å². The van der Waals surface area contributed by atoms with Crippen LogP contribution in [0.5, 0.6) is 0 Å². The number of rotatable bonds is 6. The number of hydrogen-bond acceptors (Lipinski definition) is 5. The summed E-state index contributed by atoms with van der Waals surface area (Å²) >= 11 is 0. The molecule has 1 aromatic heterocycles. The first-order valence-corrected chi connectivity index (χ1v) is 5.54. The first-order valence-electron chi connectivity index (χ1n) is 5.54. The Morgan fingerprint density at radius 3 is 2.94 bits per heavy atom. The summed E-state index contributed by atoms with van der Waals surface area (Å²) in [7, 11) is 0. The zero-order valence-electron chi connectivity index (χ0n) is 9.69. The van der Waals surface area contributed by atoms with Gasteiger partial charge in [0.25, 0.3) is 5.82 Å². The Balaban J connectivity index is 2.59.